The average Bonchev–Trinajstić information content (AvgIpc) is 3.27. The Morgan fingerprint density at radius 2 is 1.91 bits per heavy atom. The molecule has 2 aromatic rings. The largest absolute Gasteiger partial charge is 0.493 e. The number of amides is 2. The zero-order valence-corrected chi connectivity index (χ0v) is 19.4. The molecule has 1 aliphatic rings. The number of sulfonamides is 1. The number of ether oxygens (including phenoxy) is 2. The summed E-state index contributed by atoms with van der Waals surface area (Å²) in [6.07, 6.45) is 0. The fourth-order valence-corrected chi connectivity index (χ4v) is 5.20. The average molecular weight is 484 g/mol. The van der Waals surface area contributed by atoms with Crippen molar-refractivity contribution in [1.82, 2.24) is 9.21 Å². The van der Waals surface area contributed by atoms with Crippen LogP contribution in [0.4, 0.5) is 5.00 Å². The van der Waals surface area contributed by atoms with E-state index in [1.807, 2.05) is 0 Å². The fourth-order valence-electron chi connectivity index (χ4n) is 3.31. The Morgan fingerprint density at radius 3 is 2.47 bits per heavy atom. The molecule has 0 bridgehead atoms. The summed E-state index contributed by atoms with van der Waals surface area (Å²) in [5.74, 6) is -1.62. The molecule has 0 saturated heterocycles. The second kappa shape index (κ2) is 8.84. The molecule has 11 nitrogen and oxygen atoms in total. The Hall–Kier alpha value is -3.03. The van der Waals surface area contributed by atoms with Crippen LogP contribution in [0.25, 0.3) is 0 Å². The van der Waals surface area contributed by atoms with Gasteiger partial charge in [0.05, 0.1) is 36.0 Å². The minimum Gasteiger partial charge on any atom is -0.493 e. The Labute approximate surface area is 188 Å². The van der Waals surface area contributed by atoms with Gasteiger partial charge in [0.15, 0.2) is 11.5 Å². The van der Waals surface area contributed by atoms with Crippen molar-refractivity contribution in [1.29, 1.82) is 0 Å². The molecule has 13 heteroatoms. The second-order valence-electron chi connectivity index (χ2n) is 6.99. The molecule has 0 saturated carbocycles. The predicted molar refractivity (Wildman–Crippen MR) is 116 cm³/mol. The smallest absolute Gasteiger partial charge is 0.337 e. The van der Waals surface area contributed by atoms with E-state index in [0.29, 0.717) is 35.0 Å². The molecule has 32 heavy (non-hydrogen) atoms. The SMILES string of the molecule is CCOc1cc(C(CS(=O)(=O)N(C)C)N2C(=O)c3csc([N+](=O)[O-])c3C2=O)ccc1OC. The summed E-state index contributed by atoms with van der Waals surface area (Å²) in [7, 11) is 0.225. The van der Waals surface area contributed by atoms with Gasteiger partial charge in [-0.25, -0.2) is 12.7 Å². The second-order valence-corrected chi connectivity index (χ2v) is 10.1. The molecule has 0 aliphatic carbocycles. The topological polar surface area (TPSA) is 136 Å². The number of fused-ring (bicyclic) bond motifs is 1. The normalized spacial score (nSPS) is 14.6. The summed E-state index contributed by atoms with van der Waals surface area (Å²) in [6, 6.07) is 3.32. The van der Waals surface area contributed by atoms with E-state index in [1.165, 1.54) is 44.8 Å². The lowest BCUT2D eigenvalue weighted by Gasteiger charge is -2.28. The van der Waals surface area contributed by atoms with Crippen molar-refractivity contribution in [2.75, 3.05) is 33.6 Å². The van der Waals surface area contributed by atoms with Gasteiger partial charge in [-0.05, 0) is 24.6 Å². The standard InChI is InChI=1S/C19H21N3O8S2/c1-5-30-15-8-11(6-7-14(15)29-4)13(10-32(27,28)20(2)3)21-17(23)12-9-31-19(22(25)26)16(12)18(21)24/h6-9,13H,5,10H2,1-4H3. The number of rotatable bonds is 9. The number of hydrogen-bond acceptors (Lipinski definition) is 9. The molecule has 0 spiro atoms. The maximum atomic E-state index is 13.1. The van der Waals surface area contributed by atoms with Crippen LogP contribution in [-0.4, -0.2) is 67.9 Å². The monoisotopic (exact) mass is 483 g/mol. The first-order chi connectivity index (χ1) is 15.0. The third-order valence-electron chi connectivity index (χ3n) is 4.93. The number of nitro groups is 1. The van der Waals surface area contributed by atoms with Gasteiger partial charge in [-0.1, -0.05) is 17.4 Å². The van der Waals surface area contributed by atoms with Crippen molar-refractivity contribution in [2.24, 2.45) is 0 Å². The third kappa shape index (κ3) is 4.06. The molecule has 0 fully saturated rings. The summed E-state index contributed by atoms with van der Waals surface area (Å²) < 4.78 is 37.2. The molecule has 1 aromatic heterocycles. The fraction of sp³-hybridized carbons (Fsp3) is 0.368. The summed E-state index contributed by atoms with van der Waals surface area (Å²) in [5, 5.41) is 12.1. The van der Waals surface area contributed by atoms with Gasteiger partial charge >= 0.3 is 5.00 Å². The van der Waals surface area contributed by atoms with Crippen LogP contribution in [0, 0.1) is 10.1 Å². The molecule has 1 unspecified atom stereocenters. The number of carbonyl (C=O) groups excluding carboxylic acids is 2. The van der Waals surface area contributed by atoms with Crippen LogP contribution in [0.3, 0.4) is 0 Å². The van der Waals surface area contributed by atoms with Crippen LogP contribution in [0.2, 0.25) is 0 Å². The lowest BCUT2D eigenvalue weighted by Crippen LogP contribution is -2.40. The number of methoxy groups -OCH3 is 1. The van der Waals surface area contributed by atoms with Crippen molar-refractivity contribution in [3.05, 3.63) is 50.4 Å². The van der Waals surface area contributed by atoms with E-state index in [0.717, 1.165) is 9.21 Å². The van der Waals surface area contributed by atoms with Crippen LogP contribution in [0.15, 0.2) is 23.6 Å². The van der Waals surface area contributed by atoms with Gasteiger partial charge in [0.2, 0.25) is 10.0 Å². The highest BCUT2D eigenvalue weighted by Gasteiger charge is 2.47. The van der Waals surface area contributed by atoms with E-state index < -0.39 is 43.6 Å². The number of carbonyl (C=O) groups is 2. The van der Waals surface area contributed by atoms with Crippen molar-refractivity contribution in [2.45, 2.75) is 13.0 Å². The molecule has 172 valence electrons. The van der Waals surface area contributed by atoms with E-state index >= 15 is 0 Å². The van der Waals surface area contributed by atoms with Gasteiger partial charge in [0.1, 0.15) is 5.56 Å². The molecule has 3 rings (SSSR count). The number of hydrogen-bond donors (Lipinski definition) is 0. The predicted octanol–water partition coefficient (Wildman–Crippen LogP) is 2.29. The van der Waals surface area contributed by atoms with Crippen LogP contribution in [-0.2, 0) is 10.0 Å². The van der Waals surface area contributed by atoms with E-state index in [1.54, 1.807) is 6.92 Å². The number of nitrogens with zero attached hydrogens (tertiary/aromatic N) is 3. The van der Waals surface area contributed by atoms with Gasteiger partial charge in [0.25, 0.3) is 11.8 Å². The molecule has 2 heterocycles. The highest BCUT2D eigenvalue weighted by molar-refractivity contribution is 7.89. The van der Waals surface area contributed by atoms with Crippen molar-refractivity contribution < 1.29 is 32.4 Å². The summed E-state index contributed by atoms with van der Waals surface area (Å²) >= 11 is 0.679. The van der Waals surface area contributed by atoms with Gasteiger partial charge < -0.3 is 9.47 Å². The van der Waals surface area contributed by atoms with Crippen LogP contribution in [0.1, 0.15) is 39.2 Å². The first-order valence-corrected chi connectivity index (χ1v) is 11.9. The Morgan fingerprint density at radius 1 is 1.22 bits per heavy atom. The maximum Gasteiger partial charge on any atom is 0.337 e. The first-order valence-electron chi connectivity index (χ1n) is 9.38. The molecule has 1 atom stereocenters. The lowest BCUT2D eigenvalue weighted by molar-refractivity contribution is -0.380. The molecular weight excluding hydrogens is 462 g/mol. The highest BCUT2D eigenvalue weighted by Crippen LogP contribution is 2.41. The maximum absolute atomic E-state index is 13.1. The van der Waals surface area contributed by atoms with Gasteiger partial charge in [0, 0.05) is 19.5 Å². The first kappa shape index (κ1) is 23.6. The zero-order chi connectivity index (χ0) is 23.8. The summed E-state index contributed by atoms with van der Waals surface area (Å²) in [5.41, 5.74) is -0.133. The molecule has 1 aromatic carbocycles. The van der Waals surface area contributed by atoms with Gasteiger partial charge in [-0.15, -0.1) is 0 Å². The van der Waals surface area contributed by atoms with Crippen LogP contribution < -0.4 is 9.47 Å². The van der Waals surface area contributed by atoms with Crippen molar-refractivity contribution >= 4 is 38.2 Å². The van der Waals surface area contributed by atoms with Crippen molar-refractivity contribution in [3.63, 3.8) is 0 Å². The van der Waals surface area contributed by atoms with Crippen molar-refractivity contribution in [3.8, 4) is 11.5 Å². The zero-order valence-electron chi connectivity index (χ0n) is 17.7. The molecule has 2 amide bonds. The number of benzene rings is 1. The molecule has 1 aliphatic heterocycles. The molecular formula is C19H21N3O8S2. The van der Waals surface area contributed by atoms with E-state index in [4.69, 9.17) is 9.47 Å². The van der Waals surface area contributed by atoms with Gasteiger partial charge in [-0.3, -0.25) is 24.6 Å². The minimum atomic E-state index is -3.88. The van der Waals surface area contributed by atoms with E-state index in [-0.39, 0.29) is 11.1 Å². The van der Waals surface area contributed by atoms with E-state index in [2.05, 4.69) is 0 Å². The number of thiophene rings is 1. The van der Waals surface area contributed by atoms with Crippen LogP contribution in [0.5, 0.6) is 11.5 Å². The summed E-state index contributed by atoms with van der Waals surface area (Å²) in [4.78, 5) is 37.6. The quantitative estimate of drug-likeness (QED) is 0.301. The molecule has 0 N–H and O–H groups in total. The Bertz CT molecular complexity index is 1190. The molecule has 0 radical (unpaired) electrons. The van der Waals surface area contributed by atoms with Crippen LogP contribution >= 0.6 is 11.3 Å². The summed E-state index contributed by atoms with van der Waals surface area (Å²) in [6.45, 7) is 2.05. The minimum absolute atomic E-state index is 0.113. The Kier molecular flexibility index (Phi) is 6.53. The highest BCUT2D eigenvalue weighted by atomic mass is 32.2. The lowest BCUT2D eigenvalue weighted by atomic mass is 10.1. The van der Waals surface area contributed by atoms with E-state index in [9.17, 15) is 28.1 Å². The number of imide groups is 1. The van der Waals surface area contributed by atoms with Gasteiger partial charge in [-0.2, -0.15) is 0 Å². The Balaban J connectivity index is 2.15. The third-order valence-corrected chi connectivity index (χ3v) is 7.71.